The zero-order valence-corrected chi connectivity index (χ0v) is 14.4. The molecule has 0 N–H and O–H groups in total. The van der Waals surface area contributed by atoms with Crippen LogP contribution in [0.5, 0.6) is 23.0 Å². The van der Waals surface area contributed by atoms with Crippen molar-refractivity contribution in [1.82, 2.24) is 0 Å². The first-order chi connectivity index (χ1) is 11.7. The third-order valence-electron chi connectivity index (χ3n) is 4.13. The average Bonchev–Trinajstić information content (AvgIpc) is 2.91. The van der Waals surface area contributed by atoms with Gasteiger partial charge in [0.25, 0.3) is 0 Å². The Morgan fingerprint density at radius 3 is 2.38 bits per heavy atom. The topological polar surface area (TPSA) is 36.9 Å². The predicted octanol–water partition coefficient (Wildman–Crippen LogP) is 4.64. The van der Waals surface area contributed by atoms with Crippen LogP contribution in [0, 0.1) is 0 Å². The smallest absolute Gasteiger partial charge is 0.248 e. The summed E-state index contributed by atoms with van der Waals surface area (Å²) in [5.41, 5.74) is 2.17. The lowest BCUT2D eigenvalue weighted by atomic mass is 9.99. The number of hydrogen-bond donors (Lipinski definition) is 0. The third kappa shape index (κ3) is 2.92. The molecule has 126 valence electrons. The van der Waals surface area contributed by atoms with E-state index in [1.54, 1.807) is 14.2 Å². The van der Waals surface area contributed by atoms with Crippen LogP contribution in [0.15, 0.2) is 42.5 Å². The van der Waals surface area contributed by atoms with E-state index in [0.717, 1.165) is 22.6 Å². The minimum absolute atomic E-state index is 0.0732. The zero-order valence-electron chi connectivity index (χ0n) is 14.4. The molecular weight excluding hydrogens is 304 g/mol. The van der Waals surface area contributed by atoms with Crippen molar-refractivity contribution >= 4 is 6.08 Å². The molecular formula is C20H22O4. The van der Waals surface area contributed by atoms with Crippen molar-refractivity contribution in [3.63, 3.8) is 0 Å². The van der Waals surface area contributed by atoms with Gasteiger partial charge >= 0.3 is 0 Å². The second-order valence-electron chi connectivity index (χ2n) is 5.69. The lowest BCUT2D eigenvalue weighted by Gasteiger charge is -2.19. The van der Waals surface area contributed by atoms with Gasteiger partial charge in [0, 0.05) is 5.56 Å². The highest BCUT2D eigenvalue weighted by molar-refractivity contribution is 5.61. The lowest BCUT2D eigenvalue weighted by Crippen LogP contribution is -2.24. The lowest BCUT2D eigenvalue weighted by molar-refractivity contribution is 0.00555. The normalized spacial score (nSPS) is 19.0. The highest BCUT2D eigenvalue weighted by Crippen LogP contribution is 2.46. The molecule has 2 aromatic rings. The van der Waals surface area contributed by atoms with Gasteiger partial charge in [-0.15, -0.1) is 0 Å². The predicted molar refractivity (Wildman–Crippen MR) is 94.2 cm³/mol. The minimum atomic E-state index is -0.425. The molecule has 0 radical (unpaired) electrons. The van der Waals surface area contributed by atoms with Crippen LogP contribution in [0.3, 0.4) is 0 Å². The minimum Gasteiger partial charge on any atom is -0.493 e. The summed E-state index contributed by atoms with van der Waals surface area (Å²) in [6.07, 6.45) is 3.63. The van der Waals surface area contributed by atoms with E-state index >= 15 is 0 Å². The van der Waals surface area contributed by atoms with Crippen LogP contribution in [-0.4, -0.2) is 20.5 Å². The van der Waals surface area contributed by atoms with Gasteiger partial charge in [0.2, 0.25) is 6.29 Å². The molecule has 0 saturated carbocycles. The largest absolute Gasteiger partial charge is 0.493 e. The van der Waals surface area contributed by atoms with Crippen LogP contribution in [-0.2, 0) is 0 Å². The number of fused-ring (bicyclic) bond motifs is 1. The van der Waals surface area contributed by atoms with Crippen molar-refractivity contribution in [3.05, 3.63) is 53.6 Å². The first kappa shape index (κ1) is 16.2. The molecule has 24 heavy (non-hydrogen) atoms. The summed E-state index contributed by atoms with van der Waals surface area (Å²) >= 11 is 0. The van der Waals surface area contributed by atoms with Gasteiger partial charge in [-0.25, -0.2) is 0 Å². The SMILES string of the molecule is CC=Cc1cc(OC)c2c(c1)[C@@H](C)[C@H](Oc1ccccc1OC)O2. The zero-order chi connectivity index (χ0) is 17.1. The summed E-state index contributed by atoms with van der Waals surface area (Å²) in [7, 11) is 3.28. The van der Waals surface area contributed by atoms with Crippen LogP contribution in [0.2, 0.25) is 0 Å². The average molecular weight is 326 g/mol. The molecule has 2 aromatic carbocycles. The Morgan fingerprint density at radius 1 is 1.00 bits per heavy atom. The highest BCUT2D eigenvalue weighted by atomic mass is 16.7. The fraction of sp³-hybridized carbons (Fsp3) is 0.300. The van der Waals surface area contributed by atoms with Gasteiger partial charge in [0.05, 0.1) is 20.1 Å². The Balaban J connectivity index is 1.91. The van der Waals surface area contributed by atoms with Gasteiger partial charge in [0.15, 0.2) is 23.0 Å². The van der Waals surface area contributed by atoms with Crippen molar-refractivity contribution in [2.45, 2.75) is 26.1 Å². The van der Waals surface area contributed by atoms with Crippen molar-refractivity contribution in [2.75, 3.05) is 14.2 Å². The fourth-order valence-corrected chi connectivity index (χ4v) is 2.88. The second-order valence-corrected chi connectivity index (χ2v) is 5.69. The van der Waals surface area contributed by atoms with Crippen LogP contribution in [0.1, 0.15) is 30.9 Å². The molecule has 0 saturated heterocycles. The van der Waals surface area contributed by atoms with Gasteiger partial charge < -0.3 is 18.9 Å². The number of hydrogen-bond acceptors (Lipinski definition) is 4. The molecule has 0 aliphatic carbocycles. The van der Waals surface area contributed by atoms with Crippen LogP contribution in [0.4, 0.5) is 0 Å². The van der Waals surface area contributed by atoms with Gasteiger partial charge in [-0.3, -0.25) is 0 Å². The highest BCUT2D eigenvalue weighted by Gasteiger charge is 2.35. The number of allylic oxidation sites excluding steroid dienone is 1. The summed E-state index contributed by atoms with van der Waals surface area (Å²) in [5, 5.41) is 0. The fourth-order valence-electron chi connectivity index (χ4n) is 2.88. The Bertz CT molecular complexity index is 751. The molecule has 1 heterocycles. The van der Waals surface area contributed by atoms with Crippen molar-refractivity contribution in [1.29, 1.82) is 0 Å². The molecule has 4 nitrogen and oxygen atoms in total. The van der Waals surface area contributed by atoms with Crippen molar-refractivity contribution in [3.8, 4) is 23.0 Å². The van der Waals surface area contributed by atoms with E-state index in [1.165, 1.54) is 0 Å². The van der Waals surface area contributed by atoms with Crippen LogP contribution in [0.25, 0.3) is 6.08 Å². The molecule has 0 aromatic heterocycles. The summed E-state index contributed by atoms with van der Waals surface area (Å²) in [6.45, 7) is 4.08. The molecule has 4 heteroatoms. The molecule has 1 aliphatic heterocycles. The van der Waals surface area contributed by atoms with E-state index in [9.17, 15) is 0 Å². The number of rotatable bonds is 5. The Hall–Kier alpha value is -2.62. The Labute approximate surface area is 142 Å². The van der Waals surface area contributed by atoms with Crippen molar-refractivity contribution in [2.24, 2.45) is 0 Å². The maximum absolute atomic E-state index is 6.07. The monoisotopic (exact) mass is 326 g/mol. The molecule has 0 unspecified atom stereocenters. The summed E-state index contributed by atoms with van der Waals surface area (Å²) in [4.78, 5) is 0. The number of benzene rings is 2. The standard InChI is InChI=1S/C20H22O4/c1-5-8-14-11-15-13(2)20(24-19(15)18(12-14)22-4)23-17-10-7-6-9-16(17)21-3/h5-13,20H,1-4H3/t13-,20-/m1/s1. The van der Waals surface area contributed by atoms with Crippen LogP contribution < -0.4 is 18.9 Å². The van der Waals surface area contributed by atoms with Gasteiger partial charge in [-0.2, -0.15) is 0 Å². The summed E-state index contributed by atoms with van der Waals surface area (Å²) in [5.74, 6) is 2.89. The van der Waals surface area contributed by atoms with E-state index in [-0.39, 0.29) is 5.92 Å². The Kier molecular flexibility index (Phi) is 4.65. The first-order valence-electron chi connectivity index (χ1n) is 7.99. The molecule has 0 fully saturated rings. The van der Waals surface area contributed by atoms with Crippen molar-refractivity contribution < 1.29 is 18.9 Å². The quantitative estimate of drug-likeness (QED) is 0.802. The van der Waals surface area contributed by atoms with E-state index in [1.807, 2.05) is 49.4 Å². The molecule has 0 bridgehead atoms. The summed E-state index contributed by atoms with van der Waals surface area (Å²) in [6, 6.07) is 11.7. The molecule has 3 rings (SSSR count). The molecule has 0 amide bonds. The maximum atomic E-state index is 6.07. The Morgan fingerprint density at radius 2 is 1.71 bits per heavy atom. The number of para-hydroxylation sites is 2. The van der Waals surface area contributed by atoms with Gasteiger partial charge in [0.1, 0.15) is 0 Å². The van der Waals surface area contributed by atoms with Gasteiger partial charge in [-0.1, -0.05) is 31.2 Å². The third-order valence-corrected chi connectivity index (χ3v) is 4.13. The molecule has 2 atom stereocenters. The molecule has 1 aliphatic rings. The van der Waals surface area contributed by atoms with Gasteiger partial charge in [-0.05, 0) is 36.8 Å². The number of ether oxygens (including phenoxy) is 4. The first-order valence-corrected chi connectivity index (χ1v) is 7.99. The van der Waals surface area contributed by atoms with E-state index < -0.39 is 6.29 Å². The number of methoxy groups -OCH3 is 2. The van der Waals surface area contributed by atoms with Crippen LogP contribution >= 0.6 is 0 Å². The van der Waals surface area contributed by atoms with E-state index in [0.29, 0.717) is 11.5 Å². The maximum Gasteiger partial charge on any atom is 0.248 e. The van der Waals surface area contributed by atoms with E-state index in [2.05, 4.69) is 13.0 Å². The van der Waals surface area contributed by atoms with E-state index in [4.69, 9.17) is 18.9 Å². The summed E-state index contributed by atoms with van der Waals surface area (Å²) < 4.78 is 23.0. The second kappa shape index (κ2) is 6.87. The molecule has 0 spiro atoms.